The van der Waals surface area contributed by atoms with Gasteiger partial charge in [0.25, 0.3) is 0 Å². The van der Waals surface area contributed by atoms with Crippen molar-refractivity contribution in [2.75, 3.05) is 33.1 Å². The number of methoxy groups -OCH3 is 2. The van der Waals surface area contributed by atoms with Gasteiger partial charge in [0.05, 0.1) is 19.9 Å². The second kappa shape index (κ2) is 9.87. The van der Waals surface area contributed by atoms with Gasteiger partial charge in [-0.1, -0.05) is 37.3 Å². The molecule has 0 saturated carbocycles. The minimum atomic E-state index is -3.75. The normalized spacial score (nSPS) is 18.2. The molecule has 33 heavy (non-hydrogen) atoms. The number of benzene rings is 2. The van der Waals surface area contributed by atoms with Crippen molar-refractivity contribution in [3.05, 3.63) is 54.1 Å². The van der Waals surface area contributed by atoms with Gasteiger partial charge in [-0.05, 0) is 24.3 Å². The standard InChI is InChI=1S/C24H29N3O4S2/c1-4-16-32-23-22(18-8-6-5-7-9-18)25-24(26-23)12-14-27(15-13-24)33(28,29)21-17-19(30-2)10-11-20(21)31-3/h5-11,17H,4,12-16H2,1-3H3. The fourth-order valence-electron chi connectivity index (χ4n) is 4.04. The summed E-state index contributed by atoms with van der Waals surface area (Å²) in [6.07, 6.45) is 2.11. The van der Waals surface area contributed by atoms with Crippen LogP contribution in [0.2, 0.25) is 0 Å². The molecule has 0 atom stereocenters. The Balaban J connectivity index is 1.59. The van der Waals surface area contributed by atoms with E-state index in [1.807, 2.05) is 18.2 Å². The van der Waals surface area contributed by atoms with Crippen molar-refractivity contribution < 1.29 is 17.9 Å². The van der Waals surface area contributed by atoms with Crippen molar-refractivity contribution in [1.82, 2.24) is 4.31 Å². The molecule has 0 amide bonds. The Morgan fingerprint density at radius 2 is 1.76 bits per heavy atom. The van der Waals surface area contributed by atoms with E-state index in [1.54, 1.807) is 23.9 Å². The summed E-state index contributed by atoms with van der Waals surface area (Å²) in [5, 5.41) is 0.953. The zero-order chi connectivity index (χ0) is 23.5. The second-order valence-electron chi connectivity index (χ2n) is 8.00. The van der Waals surface area contributed by atoms with Crippen molar-refractivity contribution in [3.63, 3.8) is 0 Å². The third kappa shape index (κ3) is 4.81. The lowest BCUT2D eigenvalue weighted by Gasteiger charge is -2.34. The van der Waals surface area contributed by atoms with Crippen molar-refractivity contribution in [2.45, 2.75) is 36.7 Å². The summed E-state index contributed by atoms with van der Waals surface area (Å²) in [4.78, 5) is 10.2. The zero-order valence-corrected chi connectivity index (χ0v) is 20.8. The lowest BCUT2D eigenvalue weighted by atomic mass is 10.00. The molecule has 0 radical (unpaired) electrons. The van der Waals surface area contributed by atoms with Crippen LogP contribution in [0, 0.1) is 0 Å². The van der Waals surface area contributed by atoms with Crippen molar-refractivity contribution in [3.8, 4) is 11.5 Å². The smallest absolute Gasteiger partial charge is 0.246 e. The van der Waals surface area contributed by atoms with E-state index in [1.165, 1.54) is 24.6 Å². The minimum Gasteiger partial charge on any atom is -0.497 e. The van der Waals surface area contributed by atoms with E-state index < -0.39 is 15.7 Å². The van der Waals surface area contributed by atoms with Crippen LogP contribution in [0.1, 0.15) is 31.7 Å². The number of rotatable bonds is 7. The molecule has 0 unspecified atom stereocenters. The average Bonchev–Trinajstić information content (AvgIpc) is 3.20. The Bertz CT molecular complexity index is 1160. The van der Waals surface area contributed by atoms with Gasteiger partial charge in [0.1, 0.15) is 21.4 Å². The fraction of sp³-hybridized carbons (Fsp3) is 0.417. The highest BCUT2D eigenvalue weighted by Crippen LogP contribution is 2.38. The van der Waals surface area contributed by atoms with Crippen molar-refractivity contribution in [2.24, 2.45) is 9.98 Å². The number of ether oxygens (including phenoxy) is 2. The molecule has 0 bridgehead atoms. The first-order valence-electron chi connectivity index (χ1n) is 11.0. The molecular formula is C24H29N3O4S2. The topological polar surface area (TPSA) is 80.6 Å². The Morgan fingerprint density at radius 3 is 2.39 bits per heavy atom. The largest absolute Gasteiger partial charge is 0.497 e. The SMILES string of the molecule is CCCSC1=NC2(CCN(S(=O)(=O)c3cc(OC)ccc3OC)CC2)N=C1c1ccccc1. The van der Waals surface area contributed by atoms with Crippen LogP contribution >= 0.6 is 11.8 Å². The number of aliphatic imine (C=N–C) groups is 2. The lowest BCUT2D eigenvalue weighted by molar-refractivity contribution is 0.248. The number of nitrogens with zero attached hydrogens (tertiary/aromatic N) is 3. The van der Waals surface area contributed by atoms with E-state index in [0.717, 1.165) is 28.5 Å². The van der Waals surface area contributed by atoms with E-state index in [0.29, 0.717) is 37.4 Å². The van der Waals surface area contributed by atoms with Crippen molar-refractivity contribution >= 4 is 32.5 Å². The van der Waals surface area contributed by atoms with Crippen LogP contribution in [-0.2, 0) is 10.0 Å². The predicted octanol–water partition coefficient (Wildman–Crippen LogP) is 4.23. The van der Waals surface area contributed by atoms with Gasteiger partial charge in [-0.3, -0.25) is 4.99 Å². The minimum absolute atomic E-state index is 0.114. The first-order valence-corrected chi connectivity index (χ1v) is 13.5. The Labute approximate surface area is 200 Å². The summed E-state index contributed by atoms with van der Waals surface area (Å²) in [5.41, 5.74) is 1.36. The second-order valence-corrected chi connectivity index (χ2v) is 11.0. The van der Waals surface area contributed by atoms with E-state index >= 15 is 0 Å². The molecule has 2 aliphatic rings. The maximum Gasteiger partial charge on any atom is 0.246 e. The summed E-state index contributed by atoms with van der Waals surface area (Å²) >= 11 is 1.72. The number of thioether (sulfide) groups is 1. The third-order valence-corrected chi connectivity index (χ3v) is 8.92. The molecular weight excluding hydrogens is 458 g/mol. The molecule has 1 fully saturated rings. The van der Waals surface area contributed by atoms with Crippen LogP contribution in [0.4, 0.5) is 0 Å². The highest BCUT2D eigenvalue weighted by Gasteiger charge is 2.43. The average molecular weight is 488 g/mol. The summed E-state index contributed by atoms with van der Waals surface area (Å²) in [5.74, 6) is 1.74. The molecule has 1 spiro atoms. The molecule has 7 nitrogen and oxygen atoms in total. The summed E-state index contributed by atoms with van der Waals surface area (Å²) < 4.78 is 38.9. The molecule has 0 aromatic heterocycles. The molecule has 176 valence electrons. The molecule has 1 saturated heterocycles. The Kier molecular flexibility index (Phi) is 7.11. The third-order valence-electron chi connectivity index (χ3n) is 5.83. The van der Waals surface area contributed by atoms with Crippen LogP contribution in [0.15, 0.2) is 63.4 Å². The quantitative estimate of drug-likeness (QED) is 0.584. The summed E-state index contributed by atoms with van der Waals surface area (Å²) in [6, 6.07) is 14.9. The molecule has 2 aromatic rings. The molecule has 2 aliphatic heterocycles. The number of sulfonamides is 1. The maximum absolute atomic E-state index is 13.4. The monoisotopic (exact) mass is 487 g/mol. The Morgan fingerprint density at radius 1 is 1.03 bits per heavy atom. The van der Waals surface area contributed by atoms with Gasteiger partial charge in [-0.15, -0.1) is 11.8 Å². The molecule has 0 N–H and O–H groups in total. The van der Waals surface area contributed by atoms with E-state index in [-0.39, 0.29) is 4.90 Å². The number of hydrogen-bond acceptors (Lipinski definition) is 7. The molecule has 9 heteroatoms. The summed E-state index contributed by atoms with van der Waals surface area (Å²) in [7, 11) is -0.773. The van der Waals surface area contributed by atoms with Crippen LogP contribution in [-0.4, -0.2) is 62.2 Å². The maximum atomic E-state index is 13.4. The molecule has 2 heterocycles. The van der Waals surface area contributed by atoms with Crippen LogP contribution in [0.25, 0.3) is 0 Å². The fourth-order valence-corrected chi connectivity index (χ4v) is 6.58. The van der Waals surface area contributed by atoms with E-state index in [9.17, 15) is 8.42 Å². The van der Waals surface area contributed by atoms with Gasteiger partial charge >= 0.3 is 0 Å². The van der Waals surface area contributed by atoms with Gasteiger partial charge in [0, 0.05) is 37.6 Å². The number of piperidine rings is 1. The van der Waals surface area contributed by atoms with Gasteiger partial charge < -0.3 is 9.47 Å². The van der Waals surface area contributed by atoms with Gasteiger partial charge in [-0.2, -0.15) is 4.31 Å². The van der Waals surface area contributed by atoms with E-state index in [2.05, 4.69) is 19.1 Å². The van der Waals surface area contributed by atoms with E-state index in [4.69, 9.17) is 19.5 Å². The zero-order valence-electron chi connectivity index (χ0n) is 19.2. The Hall–Kier alpha value is -2.36. The first-order chi connectivity index (χ1) is 15.9. The molecule has 2 aromatic carbocycles. The van der Waals surface area contributed by atoms with Crippen LogP contribution in [0.5, 0.6) is 11.5 Å². The van der Waals surface area contributed by atoms with Crippen molar-refractivity contribution in [1.29, 1.82) is 0 Å². The van der Waals surface area contributed by atoms with Gasteiger partial charge in [0.15, 0.2) is 5.66 Å². The highest BCUT2D eigenvalue weighted by molar-refractivity contribution is 8.15. The molecule has 0 aliphatic carbocycles. The highest BCUT2D eigenvalue weighted by atomic mass is 32.2. The van der Waals surface area contributed by atoms with Gasteiger partial charge in [-0.25, -0.2) is 13.4 Å². The van der Waals surface area contributed by atoms with Gasteiger partial charge in [0.2, 0.25) is 10.0 Å². The molecule has 4 rings (SSSR count). The lowest BCUT2D eigenvalue weighted by Crippen LogP contribution is -2.44. The number of hydrogen-bond donors (Lipinski definition) is 0. The first kappa shape index (κ1) is 23.8. The van der Waals surface area contributed by atoms with Crippen LogP contribution < -0.4 is 9.47 Å². The van der Waals surface area contributed by atoms with Crippen LogP contribution in [0.3, 0.4) is 0 Å². The predicted molar refractivity (Wildman–Crippen MR) is 133 cm³/mol. The summed E-state index contributed by atoms with van der Waals surface area (Å²) in [6.45, 7) is 2.82.